The summed E-state index contributed by atoms with van der Waals surface area (Å²) in [6, 6.07) is 4.12. The molecule has 0 atom stereocenters. The van der Waals surface area contributed by atoms with Crippen LogP contribution < -0.4 is 5.32 Å². The van der Waals surface area contributed by atoms with Crippen LogP contribution in [0.15, 0.2) is 18.2 Å². The van der Waals surface area contributed by atoms with E-state index in [1.165, 1.54) is 25.2 Å². The summed E-state index contributed by atoms with van der Waals surface area (Å²) < 4.78 is 0. The van der Waals surface area contributed by atoms with E-state index in [1.54, 1.807) is 0 Å². The molecule has 0 aromatic heterocycles. The first-order chi connectivity index (χ1) is 6.19. The van der Waals surface area contributed by atoms with Gasteiger partial charge in [-0.15, -0.1) is 0 Å². The minimum absolute atomic E-state index is 0.160. The molecule has 0 aliphatic rings. The van der Waals surface area contributed by atoms with Gasteiger partial charge in [-0.05, 0) is 12.1 Å². The lowest BCUT2D eigenvalue weighted by molar-refractivity contribution is 0.0959. The third-order valence-corrected chi connectivity index (χ3v) is 1.63. The molecule has 2 N–H and O–H groups in total. The van der Waals surface area contributed by atoms with Crippen molar-refractivity contribution in [3.63, 3.8) is 0 Å². The molecule has 0 radical (unpaired) electrons. The molecule has 13 heavy (non-hydrogen) atoms. The monoisotopic (exact) mass is 179 g/mol. The Morgan fingerprint density at radius 1 is 1.54 bits per heavy atom. The zero-order chi connectivity index (χ0) is 9.84. The van der Waals surface area contributed by atoms with Gasteiger partial charge in [-0.2, -0.15) is 0 Å². The van der Waals surface area contributed by atoms with E-state index in [9.17, 15) is 14.7 Å². The number of carbonyl (C=O) groups excluding carboxylic acids is 2. The lowest BCUT2D eigenvalue weighted by Gasteiger charge is -2.02. The maximum Gasteiger partial charge on any atom is 0.254 e. The SMILES string of the molecule is CNC(=O)c1ccc(C=O)cc1O. The maximum atomic E-state index is 11.1. The Kier molecular flexibility index (Phi) is 2.64. The molecule has 1 aromatic carbocycles. The Labute approximate surface area is 75.2 Å². The van der Waals surface area contributed by atoms with Crippen molar-refractivity contribution in [1.29, 1.82) is 0 Å². The molecule has 1 rings (SSSR count). The zero-order valence-corrected chi connectivity index (χ0v) is 7.07. The highest BCUT2D eigenvalue weighted by atomic mass is 16.3. The number of amides is 1. The average Bonchev–Trinajstić information content (AvgIpc) is 2.16. The number of phenols is 1. The van der Waals surface area contributed by atoms with Crippen molar-refractivity contribution in [2.24, 2.45) is 0 Å². The predicted molar refractivity (Wildman–Crippen MR) is 46.9 cm³/mol. The standard InChI is InChI=1S/C9H9NO3/c1-10-9(13)7-3-2-6(5-11)4-8(7)12/h2-5,12H,1H3,(H,10,13). The number of aldehydes is 1. The van der Waals surface area contributed by atoms with Crippen LogP contribution in [0.25, 0.3) is 0 Å². The average molecular weight is 179 g/mol. The number of hydrogen-bond acceptors (Lipinski definition) is 3. The first kappa shape index (κ1) is 9.25. The summed E-state index contributed by atoms with van der Waals surface area (Å²) in [5.41, 5.74) is 0.498. The van der Waals surface area contributed by atoms with Gasteiger partial charge in [0.15, 0.2) is 0 Å². The van der Waals surface area contributed by atoms with Gasteiger partial charge in [0.25, 0.3) is 5.91 Å². The van der Waals surface area contributed by atoms with Gasteiger partial charge in [-0.1, -0.05) is 6.07 Å². The highest BCUT2D eigenvalue weighted by Gasteiger charge is 2.08. The van der Waals surface area contributed by atoms with Crippen LogP contribution in [-0.4, -0.2) is 24.3 Å². The first-order valence-corrected chi connectivity index (χ1v) is 3.69. The second kappa shape index (κ2) is 3.71. The molecule has 0 bridgehead atoms. The lowest BCUT2D eigenvalue weighted by Crippen LogP contribution is -2.17. The molecule has 0 aliphatic heterocycles. The van der Waals surface area contributed by atoms with Crippen molar-refractivity contribution >= 4 is 12.2 Å². The van der Waals surface area contributed by atoms with Crippen molar-refractivity contribution in [1.82, 2.24) is 5.32 Å². The number of aromatic hydroxyl groups is 1. The van der Waals surface area contributed by atoms with Crippen LogP contribution in [0.5, 0.6) is 5.75 Å². The Morgan fingerprint density at radius 2 is 2.23 bits per heavy atom. The molecule has 1 amide bonds. The molecular formula is C9H9NO3. The van der Waals surface area contributed by atoms with Crippen LogP contribution >= 0.6 is 0 Å². The van der Waals surface area contributed by atoms with Gasteiger partial charge >= 0.3 is 0 Å². The lowest BCUT2D eigenvalue weighted by atomic mass is 10.1. The van der Waals surface area contributed by atoms with Crippen molar-refractivity contribution in [2.75, 3.05) is 7.05 Å². The van der Waals surface area contributed by atoms with E-state index in [0.29, 0.717) is 11.8 Å². The summed E-state index contributed by atoms with van der Waals surface area (Å²) >= 11 is 0. The predicted octanol–water partition coefficient (Wildman–Crippen LogP) is 0.564. The second-order valence-corrected chi connectivity index (χ2v) is 2.47. The molecule has 4 heteroatoms. The topological polar surface area (TPSA) is 66.4 Å². The molecule has 0 fully saturated rings. The number of nitrogens with one attached hydrogen (secondary N) is 1. The van der Waals surface area contributed by atoms with Gasteiger partial charge in [0.05, 0.1) is 5.56 Å². The Morgan fingerprint density at radius 3 is 2.69 bits per heavy atom. The molecule has 0 unspecified atom stereocenters. The van der Waals surface area contributed by atoms with Crippen molar-refractivity contribution in [2.45, 2.75) is 0 Å². The summed E-state index contributed by atoms with van der Waals surface area (Å²) in [6.45, 7) is 0. The second-order valence-electron chi connectivity index (χ2n) is 2.47. The van der Waals surface area contributed by atoms with Gasteiger partial charge in [0.2, 0.25) is 0 Å². The smallest absolute Gasteiger partial charge is 0.254 e. The largest absolute Gasteiger partial charge is 0.507 e. The van der Waals surface area contributed by atoms with E-state index in [1.807, 2.05) is 0 Å². The summed E-state index contributed by atoms with van der Waals surface area (Å²) in [5.74, 6) is -0.570. The molecule has 68 valence electrons. The summed E-state index contributed by atoms with van der Waals surface area (Å²) in [4.78, 5) is 21.4. The van der Waals surface area contributed by atoms with Gasteiger partial charge in [-0.3, -0.25) is 9.59 Å². The van der Waals surface area contributed by atoms with E-state index in [-0.39, 0.29) is 17.2 Å². The highest BCUT2D eigenvalue weighted by molar-refractivity contribution is 5.97. The normalized spacial score (nSPS) is 9.31. The summed E-state index contributed by atoms with van der Waals surface area (Å²) in [6.07, 6.45) is 0.605. The molecule has 4 nitrogen and oxygen atoms in total. The zero-order valence-electron chi connectivity index (χ0n) is 7.07. The maximum absolute atomic E-state index is 11.1. The molecule has 0 spiro atoms. The van der Waals surface area contributed by atoms with Gasteiger partial charge in [0.1, 0.15) is 12.0 Å². The van der Waals surface area contributed by atoms with Gasteiger partial charge in [0, 0.05) is 12.6 Å². The van der Waals surface area contributed by atoms with Crippen molar-refractivity contribution in [3.8, 4) is 5.75 Å². The summed E-state index contributed by atoms with van der Waals surface area (Å²) in [5, 5.41) is 11.7. The van der Waals surface area contributed by atoms with E-state index < -0.39 is 0 Å². The van der Waals surface area contributed by atoms with E-state index in [0.717, 1.165) is 0 Å². The molecule has 1 aromatic rings. The molecule has 0 heterocycles. The van der Waals surface area contributed by atoms with Crippen molar-refractivity contribution < 1.29 is 14.7 Å². The third kappa shape index (κ3) is 1.84. The number of phenolic OH excluding ortho intramolecular Hbond substituents is 1. The number of carbonyl (C=O) groups is 2. The Balaban J connectivity index is 3.12. The van der Waals surface area contributed by atoms with Crippen molar-refractivity contribution in [3.05, 3.63) is 29.3 Å². The van der Waals surface area contributed by atoms with Crippen LogP contribution in [0.2, 0.25) is 0 Å². The van der Waals surface area contributed by atoms with Crippen LogP contribution in [0.1, 0.15) is 20.7 Å². The fourth-order valence-corrected chi connectivity index (χ4v) is 0.949. The Bertz CT molecular complexity index is 347. The minimum atomic E-state index is -0.380. The minimum Gasteiger partial charge on any atom is -0.507 e. The van der Waals surface area contributed by atoms with E-state index >= 15 is 0 Å². The van der Waals surface area contributed by atoms with Gasteiger partial charge < -0.3 is 10.4 Å². The number of rotatable bonds is 2. The first-order valence-electron chi connectivity index (χ1n) is 3.69. The Hall–Kier alpha value is -1.84. The van der Waals surface area contributed by atoms with E-state index in [4.69, 9.17) is 0 Å². The quantitative estimate of drug-likeness (QED) is 0.652. The molecule has 0 saturated carbocycles. The number of benzene rings is 1. The van der Waals surface area contributed by atoms with Crippen LogP contribution in [0.3, 0.4) is 0 Å². The van der Waals surface area contributed by atoms with Crippen LogP contribution in [0, 0.1) is 0 Å². The fourth-order valence-electron chi connectivity index (χ4n) is 0.949. The van der Waals surface area contributed by atoms with Crippen LogP contribution in [-0.2, 0) is 0 Å². The molecular weight excluding hydrogens is 170 g/mol. The third-order valence-electron chi connectivity index (χ3n) is 1.63. The highest BCUT2D eigenvalue weighted by Crippen LogP contribution is 2.17. The number of hydrogen-bond donors (Lipinski definition) is 2. The van der Waals surface area contributed by atoms with E-state index in [2.05, 4.69) is 5.32 Å². The fraction of sp³-hybridized carbons (Fsp3) is 0.111. The summed E-state index contributed by atoms with van der Waals surface area (Å²) in [7, 11) is 1.47. The molecule has 0 saturated heterocycles. The van der Waals surface area contributed by atoms with Crippen LogP contribution in [0.4, 0.5) is 0 Å². The van der Waals surface area contributed by atoms with Gasteiger partial charge in [-0.25, -0.2) is 0 Å². The molecule has 0 aliphatic carbocycles.